The van der Waals surface area contributed by atoms with Crippen LogP contribution in [0, 0.1) is 0 Å². The highest BCUT2D eigenvalue weighted by Gasteiger charge is 2.09. The SMILES string of the molecule is O=C(CS)Cc1cc(-c2ccccc2Cl)n[nH]1. The van der Waals surface area contributed by atoms with Gasteiger partial charge < -0.3 is 0 Å². The molecule has 1 N–H and O–H groups in total. The average molecular weight is 267 g/mol. The molecule has 5 heteroatoms. The molecule has 0 saturated carbocycles. The first-order valence-electron chi connectivity index (χ1n) is 5.12. The zero-order valence-corrected chi connectivity index (χ0v) is 10.6. The Morgan fingerprint density at radius 1 is 1.41 bits per heavy atom. The lowest BCUT2D eigenvalue weighted by atomic mass is 10.1. The first-order valence-corrected chi connectivity index (χ1v) is 6.13. The smallest absolute Gasteiger partial charge is 0.148 e. The molecule has 0 saturated heterocycles. The third-order valence-electron chi connectivity index (χ3n) is 2.34. The van der Waals surface area contributed by atoms with Crippen molar-refractivity contribution in [3.63, 3.8) is 0 Å². The van der Waals surface area contributed by atoms with E-state index in [-0.39, 0.29) is 11.5 Å². The second kappa shape index (κ2) is 5.38. The number of benzene rings is 1. The molecule has 0 radical (unpaired) electrons. The molecular formula is C12H11ClN2OS. The fourth-order valence-electron chi connectivity index (χ4n) is 1.53. The van der Waals surface area contributed by atoms with Gasteiger partial charge >= 0.3 is 0 Å². The minimum atomic E-state index is 0.0580. The summed E-state index contributed by atoms with van der Waals surface area (Å²) in [5.74, 6) is 0.295. The van der Waals surface area contributed by atoms with E-state index >= 15 is 0 Å². The molecule has 0 amide bonds. The monoisotopic (exact) mass is 266 g/mol. The number of rotatable bonds is 4. The Balaban J connectivity index is 2.24. The van der Waals surface area contributed by atoms with Crippen LogP contribution >= 0.6 is 24.2 Å². The van der Waals surface area contributed by atoms with Crippen LogP contribution in [0.1, 0.15) is 5.69 Å². The lowest BCUT2D eigenvalue weighted by Crippen LogP contribution is -2.03. The molecule has 0 aliphatic rings. The fraction of sp³-hybridized carbons (Fsp3) is 0.167. The number of ketones is 1. The van der Waals surface area contributed by atoms with Crippen LogP contribution in [0.3, 0.4) is 0 Å². The summed E-state index contributed by atoms with van der Waals surface area (Å²) in [4.78, 5) is 11.2. The summed E-state index contributed by atoms with van der Waals surface area (Å²) < 4.78 is 0. The van der Waals surface area contributed by atoms with Gasteiger partial charge in [0.05, 0.1) is 10.7 Å². The highest BCUT2D eigenvalue weighted by molar-refractivity contribution is 7.81. The van der Waals surface area contributed by atoms with E-state index < -0.39 is 0 Å². The van der Waals surface area contributed by atoms with Gasteiger partial charge in [-0.2, -0.15) is 17.7 Å². The lowest BCUT2D eigenvalue weighted by molar-refractivity contribution is -0.116. The maximum Gasteiger partial charge on any atom is 0.148 e. The summed E-state index contributed by atoms with van der Waals surface area (Å²) in [5.41, 5.74) is 2.38. The second-order valence-electron chi connectivity index (χ2n) is 3.63. The van der Waals surface area contributed by atoms with Crippen LogP contribution in [0.15, 0.2) is 30.3 Å². The zero-order chi connectivity index (χ0) is 12.3. The summed E-state index contributed by atoms with van der Waals surface area (Å²) in [6.07, 6.45) is 0.320. The third-order valence-corrected chi connectivity index (χ3v) is 3.03. The van der Waals surface area contributed by atoms with Gasteiger partial charge in [0.1, 0.15) is 5.78 Å². The van der Waals surface area contributed by atoms with Gasteiger partial charge in [0, 0.05) is 23.4 Å². The lowest BCUT2D eigenvalue weighted by Gasteiger charge is -1.97. The number of hydrogen-bond acceptors (Lipinski definition) is 3. The van der Waals surface area contributed by atoms with Crippen LogP contribution in [0.4, 0.5) is 0 Å². The molecule has 88 valence electrons. The van der Waals surface area contributed by atoms with E-state index in [1.165, 1.54) is 0 Å². The van der Waals surface area contributed by atoms with Gasteiger partial charge in [-0.15, -0.1) is 0 Å². The number of H-pyrrole nitrogens is 1. The van der Waals surface area contributed by atoms with Crippen molar-refractivity contribution in [1.29, 1.82) is 0 Å². The molecular weight excluding hydrogens is 256 g/mol. The molecule has 0 bridgehead atoms. The van der Waals surface area contributed by atoms with Crippen LogP contribution in [-0.2, 0) is 11.2 Å². The molecule has 0 unspecified atom stereocenters. The Bertz CT molecular complexity index is 539. The number of Topliss-reactive ketones (excluding diaryl/α,β-unsaturated/α-hetero) is 1. The summed E-state index contributed by atoms with van der Waals surface area (Å²) in [6.45, 7) is 0. The summed E-state index contributed by atoms with van der Waals surface area (Å²) in [7, 11) is 0. The van der Waals surface area contributed by atoms with E-state index in [2.05, 4.69) is 22.8 Å². The predicted molar refractivity (Wildman–Crippen MR) is 71.6 cm³/mol. The predicted octanol–water partition coefficient (Wildman–Crippen LogP) is 2.77. The quantitative estimate of drug-likeness (QED) is 0.836. The normalized spacial score (nSPS) is 10.5. The average Bonchev–Trinajstić information content (AvgIpc) is 2.78. The fourth-order valence-corrected chi connectivity index (χ4v) is 1.87. The molecule has 1 aromatic heterocycles. The minimum Gasteiger partial charge on any atom is -0.298 e. The largest absolute Gasteiger partial charge is 0.298 e. The van der Waals surface area contributed by atoms with E-state index in [1.807, 2.05) is 30.3 Å². The molecule has 1 heterocycles. The highest BCUT2D eigenvalue weighted by Crippen LogP contribution is 2.26. The second-order valence-corrected chi connectivity index (χ2v) is 4.36. The van der Waals surface area contributed by atoms with Crippen molar-refractivity contribution < 1.29 is 4.79 Å². The van der Waals surface area contributed by atoms with Gasteiger partial charge in [0.25, 0.3) is 0 Å². The Kier molecular flexibility index (Phi) is 3.86. The van der Waals surface area contributed by atoms with Crippen molar-refractivity contribution in [1.82, 2.24) is 10.2 Å². The maximum atomic E-state index is 11.2. The summed E-state index contributed by atoms with van der Waals surface area (Å²) >= 11 is 10.0. The van der Waals surface area contributed by atoms with Gasteiger partial charge in [0.15, 0.2) is 0 Å². The molecule has 17 heavy (non-hydrogen) atoms. The first kappa shape index (κ1) is 12.2. The summed E-state index contributed by atoms with van der Waals surface area (Å²) in [6, 6.07) is 9.30. The molecule has 2 aromatic rings. The topological polar surface area (TPSA) is 45.8 Å². The number of hydrogen-bond donors (Lipinski definition) is 2. The molecule has 2 rings (SSSR count). The number of carbonyl (C=O) groups is 1. The third kappa shape index (κ3) is 2.90. The molecule has 0 atom stereocenters. The van der Waals surface area contributed by atoms with Crippen molar-refractivity contribution in [3.8, 4) is 11.3 Å². The molecule has 0 spiro atoms. The Hall–Kier alpha value is -1.26. The highest BCUT2D eigenvalue weighted by atomic mass is 35.5. The molecule has 0 aliphatic heterocycles. The van der Waals surface area contributed by atoms with Gasteiger partial charge in [-0.05, 0) is 12.1 Å². The van der Waals surface area contributed by atoms with E-state index in [4.69, 9.17) is 11.6 Å². The number of aromatic nitrogens is 2. The first-order chi connectivity index (χ1) is 8.20. The van der Waals surface area contributed by atoms with Crippen LogP contribution in [-0.4, -0.2) is 21.7 Å². The van der Waals surface area contributed by atoms with Gasteiger partial charge in [-0.3, -0.25) is 9.89 Å². The Labute approximate surface area is 110 Å². The van der Waals surface area contributed by atoms with Crippen molar-refractivity contribution >= 4 is 30.0 Å². The number of thiol groups is 1. The minimum absolute atomic E-state index is 0.0580. The van der Waals surface area contributed by atoms with Crippen molar-refractivity contribution in [2.24, 2.45) is 0 Å². The van der Waals surface area contributed by atoms with E-state index in [9.17, 15) is 4.79 Å². The van der Waals surface area contributed by atoms with Crippen LogP contribution in [0.5, 0.6) is 0 Å². The zero-order valence-electron chi connectivity index (χ0n) is 8.98. The van der Waals surface area contributed by atoms with Crippen molar-refractivity contribution in [3.05, 3.63) is 41.0 Å². The number of carbonyl (C=O) groups excluding carboxylic acids is 1. The van der Waals surface area contributed by atoms with Crippen LogP contribution in [0.2, 0.25) is 5.02 Å². The van der Waals surface area contributed by atoms with Crippen molar-refractivity contribution in [2.45, 2.75) is 6.42 Å². The number of nitrogens with one attached hydrogen (secondary N) is 1. The standard InChI is InChI=1S/C12H11ClN2OS/c13-11-4-2-1-3-10(11)12-6-8(14-15-12)5-9(16)7-17/h1-4,6,17H,5,7H2,(H,14,15). The van der Waals surface area contributed by atoms with E-state index in [0.717, 1.165) is 17.0 Å². The van der Waals surface area contributed by atoms with Crippen LogP contribution < -0.4 is 0 Å². The number of nitrogens with zero attached hydrogens (tertiary/aromatic N) is 1. The molecule has 0 aliphatic carbocycles. The van der Waals surface area contributed by atoms with Gasteiger partial charge in [-0.1, -0.05) is 29.8 Å². The Morgan fingerprint density at radius 2 is 2.18 bits per heavy atom. The number of aromatic amines is 1. The molecule has 0 fully saturated rings. The van der Waals surface area contributed by atoms with E-state index in [0.29, 0.717) is 11.4 Å². The van der Waals surface area contributed by atoms with E-state index in [1.54, 1.807) is 0 Å². The van der Waals surface area contributed by atoms with Gasteiger partial charge in [-0.25, -0.2) is 0 Å². The number of halogens is 1. The Morgan fingerprint density at radius 3 is 2.88 bits per heavy atom. The van der Waals surface area contributed by atoms with Crippen LogP contribution in [0.25, 0.3) is 11.3 Å². The molecule has 1 aromatic carbocycles. The van der Waals surface area contributed by atoms with Crippen molar-refractivity contribution in [2.75, 3.05) is 5.75 Å². The molecule has 3 nitrogen and oxygen atoms in total. The maximum absolute atomic E-state index is 11.2. The summed E-state index contributed by atoms with van der Waals surface area (Å²) in [5, 5.41) is 7.63. The van der Waals surface area contributed by atoms with Gasteiger partial charge in [0.2, 0.25) is 0 Å².